The van der Waals surface area contributed by atoms with Crippen LogP contribution in [-0.2, 0) is 4.79 Å². The van der Waals surface area contributed by atoms with Gasteiger partial charge in [0.2, 0.25) is 5.91 Å². The lowest BCUT2D eigenvalue weighted by Crippen LogP contribution is -2.39. The van der Waals surface area contributed by atoms with Crippen molar-refractivity contribution in [2.24, 2.45) is 5.73 Å². The number of methoxy groups -OCH3 is 2. The van der Waals surface area contributed by atoms with Crippen LogP contribution < -0.4 is 31.2 Å². The molecule has 49 heavy (non-hydrogen) atoms. The molecule has 0 unspecified atom stereocenters. The molecule has 0 saturated heterocycles. The molecule has 2 saturated carbocycles. The largest absolute Gasteiger partial charge is 0.496 e. The molecule has 0 atom stereocenters. The Bertz CT molecular complexity index is 1620. The Labute approximate surface area is 288 Å². The number of amides is 3. The van der Waals surface area contributed by atoms with Crippen LogP contribution in [-0.4, -0.2) is 58.2 Å². The van der Waals surface area contributed by atoms with Crippen molar-refractivity contribution in [1.29, 1.82) is 0 Å². The van der Waals surface area contributed by atoms with Crippen molar-refractivity contribution in [2.75, 3.05) is 24.9 Å². The quantitative estimate of drug-likeness (QED) is 0.162. The maximum atomic E-state index is 12.1. The molecule has 2 heterocycles. The van der Waals surface area contributed by atoms with E-state index in [-0.39, 0.29) is 18.0 Å². The van der Waals surface area contributed by atoms with Crippen LogP contribution in [0.1, 0.15) is 71.1 Å². The standard InChI is InChI=1S/C18H22N4O2.C13H13N3O2.C6H13N/c1-24-16-10-6-5-9-14(16)15-11-17(20-12-19-15)22-18(23)21-13-7-3-2-4-8-13;1-9(17)16-13-7-11(14-8-15-13)10-5-3-4-6-12(10)18-2;7-6-4-2-1-3-5-6/h5-6,9-13H,2-4,7-8H2,1H3,(H2,19,20,21,22,23);3-8H,1-2H3,(H,14,15,16,17);6H,1-5,7H2. The van der Waals surface area contributed by atoms with Crippen molar-refractivity contribution < 1.29 is 19.1 Å². The van der Waals surface area contributed by atoms with Gasteiger partial charge in [0.15, 0.2) is 0 Å². The summed E-state index contributed by atoms with van der Waals surface area (Å²) < 4.78 is 10.6. The van der Waals surface area contributed by atoms with E-state index in [4.69, 9.17) is 15.2 Å². The normalized spacial score (nSPS) is 14.5. The van der Waals surface area contributed by atoms with E-state index < -0.39 is 0 Å². The van der Waals surface area contributed by atoms with Crippen molar-refractivity contribution in [3.05, 3.63) is 73.3 Å². The average Bonchev–Trinajstić information content (AvgIpc) is 3.13. The summed E-state index contributed by atoms with van der Waals surface area (Å²) in [6.45, 7) is 1.44. The minimum atomic E-state index is -0.216. The number of aromatic nitrogens is 4. The lowest BCUT2D eigenvalue weighted by atomic mass is 9.96. The highest BCUT2D eigenvalue weighted by atomic mass is 16.5. The zero-order valence-corrected chi connectivity index (χ0v) is 28.7. The first-order valence-electron chi connectivity index (χ1n) is 16.9. The number of nitrogens with one attached hydrogen (secondary N) is 3. The van der Waals surface area contributed by atoms with E-state index in [1.807, 2.05) is 48.5 Å². The van der Waals surface area contributed by atoms with Crippen molar-refractivity contribution in [3.63, 3.8) is 0 Å². The summed E-state index contributed by atoms with van der Waals surface area (Å²) in [5.41, 5.74) is 8.75. The molecular formula is C37H48N8O4. The summed E-state index contributed by atoms with van der Waals surface area (Å²) >= 11 is 0. The molecule has 2 aromatic heterocycles. The average molecular weight is 669 g/mol. The van der Waals surface area contributed by atoms with Crippen LogP contribution in [0, 0.1) is 0 Å². The number of hydrogen-bond acceptors (Lipinski definition) is 9. The van der Waals surface area contributed by atoms with E-state index in [2.05, 4.69) is 35.9 Å². The second-order valence-electron chi connectivity index (χ2n) is 12.0. The number of nitrogens with two attached hydrogens (primary N) is 1. The molecule has 0 aliphatic heterocycles. The number of anilines is 2. The smallest absolute Gasteiger partial charge is 0.320 e. The molecule has 4 aromatic rings. The molecule has 5 N–H and O–H groups in total. The first-order valence-corrected chi connectivity index (χ1v) is 16.9. The van der Waals surface area contributed by atoms with E-state index in [9.17, 15) is 9.59 Å². The molecule has 2 aliphatic carbocycles. The van der Waals surface area contributed by atoms with Gasteiger partial charge in [0.05, 0.1) is 25.6 Å². The van der Waals surface area contributed by atoms with E-state index >= 15 is 0 Å². The summed E-state index contributed by atoms with van der Waals surface area (Å²) in [7, 11) is 3.23. The number of hydrogen-bond donors (Lipinski definition) is 4. The van der Waals surface area contributed by atoms with Gasteiger partial charge in [-0.1, -0.05) is 62.8 Å². The molecule has 0 bridgehead atoms. The number of nitrogens with zero attached hydrogens (tertiary/aromatic N) is 4. The number of carbonyl (C=O) groups excluding carboxylic acids is 2. The second kappa shape index (κ2) is 19.7. The van der Waals surface area contributed by atoms with Crippen molar-refractivity contribution in [1.82, 2.24) is 25.3 Å². The van der Waals surface area contributed by atoms with Crippen molar-refractivity contribution in [3.8, 4) is 34.0 Å². The highest BCUT2D eigenvalue weighted by Gasteiger charge is 2.16. The van der Waals surface area contributed by atoms with Crippen LogP contribution in [0.25, 0.3) is 22.5 Å². The maximum Gasteiger partial charge on any atom is 0.320 e. The number of ether oxygens (including phenoxy) is 2. The first-order chi connectivity index (χ1) is 23.9. The Kier molecular flexibility index (Phi) is 14.7. The van der Waals surface area contributed by atoms with E-state index in [0.29, 0.717) is 29.1 Å². The monoisotopic (exact) mass is 668 g/mol. The summed E-state index contributed by atoms with van der Waals surface area (Å²) in [6, 6.07) is 19.2. The minimum Gasteiger partial charge on any atom is -0.496 e. The molecule has 0 radical (unpaired) electrons. The third-order valence-electron chi connectivity index (χ3n) is 8.24. The van der Waals surface area contributed by atoms with E-state index in [0.717, 1.165) is 35.5 Å². The molecule has 6 rings (SSSR count). The van der Waals surface area contributed by atoms with Gasteiger partial charge >= 0.3 is 6.03 Å². The molecule has 2 aliphatic rings. The fraction of sp³-hybridized carbons (Fsp3) is 0.405. The van der Waals surface area contributed by atoms with Gasteiger partial charge in [-0.25, -0.2) is 24.7 Å². The molecule has 0 spiro atoms. The fourth-order valence-corrected chi connectivity index (χ4v) is 5.76. The van der Waals surface area contributed by atoms with Crippen LogP contribution in [0.2, 0.25) is 0 Å². The lowest BCUT2D eigenvalue weighted by Gasteiger charge is -2.22. The second-order valence-corrected chi connectivity index (χ2v) is 12.0. The van der Waals surface area contributed by atoms with E-state index in [1.165, 1.54) is 70.9 Å². The fourth-order valence-electron chi connectivity index (χ4n) is 5.76. The zero-order valence-electron chi connectivity index (χ0n) is 28.7. The Morgan fingerprint density at radius 2 is 1.14 bits per heavy atom. The molecule has 2 aromatic carbocycles. The van der Waals surface area contributed by atoms with Gasteiger partial charge in [-0.2, -0.15) is 0 Å². The third kappa shape index (κ3) is 12.1. The Morgan fingerprint density at radius 3 is 1.59 bits per heavy atom. The highest BCUT2D eigenvalue weighted by Crippen LogP contribution is 2.30. The highest BCUT2D eigenvalue weighted by molar-refractivity contribution is 5.89. The maximum absolute atomic E-state index is 12.1. The van der Waals surface area contributed by atoms with E-state index in [1.54, 1.807) is 26.4 Å². The summed E-state index contributed by atoms with van der Waals surface area (Å²) in [5, 5.41) is 8.43. The Balaban J connectivity index is 0.000000189. The lowest BCUT2D eigenvalue weighted by molar-refractivity contribution is -0.114. The zero-order chi connectivity index (χ0) is 34.8. The van der Waals surface area contributed by atoms with Crippen LogP contribution in [0.15, 0.2) is 73.3 Å². The van der Waals surface area contributed by atoms with Gasteiger partial charge in [-0.3, -0.25) is 10.1 Å². The van der Waals surface area contributed by atoms with Crippen molar-refractivity contribution >= 4 is 23.6 Å². The predicted molar refractivity (Wildman–Crippen MR) is 192 cm³/mol. The number of benzene rings is 2. The van der Waals surface area contributed by atoms with Gasteiger partial charge in [0.1, 0.15) is 35.8 Å². The predicted octanol–water partition coefficient (Wildman–Crippen LogP) is 6.99. The van der Waals surface area contributed by atoms with Crippen molar-refractivity contribution in [2.45, 2.75) is 83.2 Å². The summed E-state index contributed by atoms with van der Waals surface area (Å²) in [4.78, 5) is 39.7. The SMILES string of the molecule is COc1ccccc1-c1cc(NC(=O)NC2CCCCC2)ncn1.COc1ccccc1-c1cc(NC(C)=O)ncn1.NC1CCCCC1. The van der Waals surface area contributed by atoms with Crippen LogP contribution in [0.4, 0.5) is 16.4 Å². The number of rotatable bonds is 7. The molecule has 2 fully saturated rings. The van der Waals surface area contributed by atoms with Gasteiger partial charge in [-0.15, -0.1) is 0 Å². The van der Waals surface area contributed by atoms with Crippen LogP contribution in [0.3, 0.4) is 0 Å². The molecule has 12 heteroatoms. The minimum absolute atomic E-state index is 0.167. The molecule has 260 valence electrons. The Morgan fingerprint density at radius 1 is 0.673 bits per heavy atom. The topological polar surface area (TPSA) is 166 Å². The molecular weight excluding hydrogens is 620 g/mol. The number of para-hydroxylation sites is 2. The van der Waals surface area contributed by atoms with Gasteiger partial charge in [0, 0.05) is 42.3 Å². The molecule has 12 nitrogen and oxygen atoms in total. The van der Waals surface area contributed by atoms with Gasteiger partial charge in [0.25, 0.3) is 0 Å². The Hall–Kier alpha value is -5.10. The summed E-state index contributed by atoms with van der Waals surface area (Å²) in [5.74, 6) is 2.23. The van der Waals surface area contributed by atoms with Gasteiger partial charge in [-0.05, 0) is 49.9 Å². The first kappa shape index (κ1) is 36.7. The van der Waals surface area contributed by atoms with Crippen LogP contribution in [0.5, 0.6) is 11.5 Å². The number of carbonyl (C=O) groups is 2. The van der Waals surface area contributed by atoms with Gasteiger partial charge < -0.3 is 25.8 Å². The van der Waals surface area contributed by atoms with Crippen LogP contribution >= 0.6 is 0 Å². The third-order valence-corrected chi connectivity index (χ3v) is 8.24. The number of urea groups is 1. The molecule has 3 amide bonds. The summed E-state index contributed by atoms with van der Waals surface area (Å²) in [6.07, 6.45) is 15.2.